The molecule has 0 fully saturated rings. The van der Waals surface area contributed by atoms with Crippen LogP contribution in [0.15, 0.2) is 24.3 Å². The Morgan fingerprint density at radius 1 is 1.26 bits per heavy atom. The van der Waals surface area contributed by atoms with E-state index in [1.54, 1.807) is 24.3 Å². The van der Waals surface area contributed by atoms with Crippen LogP contribution in [-0.2, 0) is 19.1 Å². The smallest absolute Gasteiger partial charge is 0.306 e. The van der Waals surface area contributed by atoms with E-state index in [1.807, 2.05) is 13.8 Å². The summed E-state index contributed by atoms with van der Waals surface area (Å²) in [5.74, 6) is -0.666. The summed E-state index contributed by atoms with van der Waals surface area (Å²) in [6.07, 6.45) is 0.0785. The zero-order chi connectivity index (χ0) is 17.0. The molecular formula is C17H22N2O4. The molecule has 0 aliphatic carbocycles. The zero-order valence-corrected chi connectivity index (χ0v) is 13.7. The highest BCUT2D eigenvalue weighted by Crippen LogP contribution is 2.29. The van der Waals surface area contributed by atoms with Crippen LogP contribution in [0.25, 0.3) is 0 Å². The Hall–Kier alpha value is -2.37. The first-order valence-corrected chi connectivity index (χ1v) is 7.78. The van der Waals surface area contributed by atoms with E-state index in [1.165, 1.54) is 11.8 Å². The number of para-hydroxylation sites is 2. The van der Waals surface area contributed by atoms with Gasteiger partial charge < -0.3 is 10.1 Å². The maximum atomic E-state index is 12.5. The van der Waals surface area contributed by atoms with Crippen molar-refractivity contribution >= 4 is 29.2 Å². The molecule has 1 atom stereocenters. The average molecular weight is 318 g/mol. The molecule has 1 aliphatic heterocycles. The highest BCUT2D eigenvalue weighted by Gasteiger charge is 2.31. The Bertz CT molecular complexity index is 612. The van der Waals surface area contributed by atoms with Crippen molar-refractivity contribution in [3.8, 4) is 0 Å². The fourth-order valence-corrected chi connectivity index (χ4v) is 2.36. The predicted molar refractivity (Wildman–Crippen MR) is 87.1 cm³/mol. The van der Waals surface area contributed by atoms with E-state index in [9.17, 15) is 14.4 Å². The molecule has 0 spiro atoms. The molecule has 0 aromatic heterocycles. The van der Waals surface area contributed by atoms with Crippen LogP contribution in [0.4, 0.5) is 11.4 Å². The predicted octanol–water partition coefficient (Wildman–Crippen LogP) is 2.34. The molecule has 0 saturated heterocycles. The molecule has 1 aromatic carbocycles. The number of carbonyl (C=O) groups excluding carboxylic acids is 3. The lowest BCUT2D eigenvalue weighted by atomic mass is 10.1. The fraction of sp³-hybridized carbons (Fsp3) is 0.471. The van der Waals surface area contributed by atoms with E-state index in [0.29, 0.717) is 23.7 Å². The second-order valence-corrected chi connectivity index (χ2v) is 6.05. The first-order chi connectivity index (χ1) is 10.9. The number of benzene rings is 1. The third-order valence-corrected chi connectivity index (χ3v) is 3.62. The lowest BCUT2D eigenvalue weighted by Crippen LogP contribution is -2.47. The number of ether oxygens (including phenoxy) is 1. The molecule has 1 aliphatic rings. The summed E-state index contributed by atoms with van der Waals surface area (Å²) in [5, 5.41) is 2.72. The molecular weight excluding hydrogens is 296 g/mol. The van der Waals surface area contributed by atoms with Gasteiger partial charge >= 0.3 is 5.97 Å². The second-order valence-electron chi connectivity index (χ2n) is 6.05. The van der Waals surface area contributed by atoms with Gasteiger partial charge in [0.2, 0.25) is 5.91 Å². The van der Waals surface area contributed by atoms with Gasteiger partial charge in [-0.1, -0.05) is 26.0 Å². The molecule has 1 aromatic rings. The molecule has 1 N–H and O–H groups in total. The number of esters is 1. The van der Waals surface area contributed by atoms with Crippen molar-refractivity contribution in [3.63, 3.8) is 0 Å². The Balaban J connectivity index is 2.05. The first kappa shape index (κ1) is 17.0. The van der Waals surface area contributed by atoms with E-state index in [2.05, 4.69) is 5.32 Å². The third-order valence-electron chi connectivity index (χ3n) is 3.62. The van der Waals surface area contributed by atoms with Gasteiger partial charge in [-0.05, 0) is 31.4 Å². The molecule has 124 valence electrons. The van der Waals surface area contributed by atoms with Crippen molar-refractivity contribution in [2.75, 3.05) is 16.8 Å². The van der Waals surface area contributed by atoms with E-state index < -0.39 is 18.0 Å². The molecule has 2 amide bonds. The van der Waals surface area contributed by atoms with Crippen molar-refractivity contribution in [2.24, 2.45) is 5.92 Å². The molecule has 0 saturated carbocycles. The van der Waals surface area contributed by atoms with Gasteiger partial charge in [-0.25, -0.2) is 0 Å². The van der Waals surface area contributed by atoms with E-state index in [-0.39, 0.29) is 18.9 Å². The molecule has 0 bridgehead atoms. The number of anilines is 2. The number of fused-ring (bicyclic) bond motifs is 1. The minimum Gasteiger partial charge on any atom is -0.453 e. The number of carbonyl (C=O) groups is 3. The quantitative estimate of drug-likeness (QED) is 0.846. The lowest BCUT2D eigenvalue weighted by Gasteiger charge is -2.30. The highest BCUT2D eigenvalue weighted by atomic mass is 16.5. The van der Waals surface area contributed by atoms with Crippen LogP contribution in [0.2, 0.25) is 0 Å². The Morgan fingerprint density at radius 2 is 1.96 bits per heavy atom. The van der Waals surface area contributed by atoms with Gasteiger partial charge in [0, 0.05) is 6.42 Å². The number of hydrogen-bond donors (Lipinski definition) is 1. The van der Waals surface area contributed by atoms with Gasteiger partial charge in [0.25, 0.3) is 5.91 Å². The normalized spacial score (nSPS) is 15.0. The minimum atomic E-state index is -0.923. The summed E-state index contributed by atoms with van der Waals surface area (Å²) < 4.78 is 5.20. The molecule has 2 rings (SSSR count). The number of nitrogens with zero attached hydrogens (tertiary/aromatic N) is 1. The molecule has 1 heterocycles. The fourth-order valence-electron chi connectivity index (χ4n) is 2.36. The number of rotatable bonds is 5. The molecule has 0 unspecified atom stereocenters. The molecule has 6 heteroatoms. The Morgan fingerprint density at radius 3 is 2.65 bits per heavy atom. The number of amides is 2. The topological polar surface area (TPSA) is 75.7 Å². The van der Waals surface area contributed by atoms with E-state index in [0.717, 1.165) is 0 Å². The van der Waals surface area contributed by atoms with Crippen LogP contribution in [0.1, 0.15) is 33.6 Å². The SMILES string of the molecule is CC(C)CCC(=O)O[C@H](C)C(=O)N1CC(=O)Nc2ccccc21. The van der Waals surface area contributed by atoms with Gasteiger partial charge in [-0.2, -0.15) is 0 Å². The van der Waals surface area contributed by atoms with Crippen molar-refractivity contribution in [1.82, 2.24) is 0 Å². The van der Waals surface area contributed by atoms with Crippen molar-refractivity contribution in [1.29, 1.82) is 0 Å². The zero-order valence-electron chi connectivity index (χ0n) is 13.7. The molecule has 6 nitrogen and oxygen atoms in total. The molecule has 23 heavy (non-hydrogen) atoms. The second kappa shape index (κ2) is 7.26. The summed E-state index contributed by atoms with van der Waals surface area (Å²) in [6.45, 7) is 5.49. The average Bonchev–Trinajstić information content (AvgIpc) is 2.51. The summed E-state index contributed by atoms with van der Waals surface area (Å²) in [7, 11) is 0. The van der Waals surface area contributed by atoms with Crippen LogP contribution in [0, 0.1) is 5.92 Å². The highest BCUT2D eigenvalue weighted by molar-refractivity contribution is 6.11. The monoisotopic (exact) mass is 318 g/mol. The van der Waals surface area contributed by atoms with Gasteiger partial charge in [0.05, 0.1) is 11.4 Å². The van der Waals surface area contributed by atoms with Crippen molar-refractivity contribution in [2.45, 2.75) is 39.7 Å². The van der Waals surface area contributed by atoms with Gasteiger partial charge in [-0.15, -0.1) is 0 Å². The number of hydrogen-bond acceptors (Lipinski definition) is 4. The lowest BCUT2D eigenvalue weighted by molar-refractivity contribution is -0.154. The third kappa shape index (κ3) is 4.31. The maximum Gasteiger partial charge on any atom is 0.306 e. The summed E-state index contributed by atoms with van der Waals surface area (Å²) in [6, 6.07) is 7.05. The molecule has 0 radical (unpaired) electrons. The van der Waals surface area contributed by atoms with E-state index >= 15 is 0 Å². The van der Waals surface area contributed by atoms with Crippen molar-refractivity contribution < 1.29 is 19.1 Å². The van der Waals surface area contributed by atoms with E-state index in [4.69, 9.17) is 4.74 Å². The van der Waals surface area contributed by atoms with Crippen LogP contribution in [-0.4, -0.2) is 30.4 Å². The standard InChI is InChI=1S/C17H22N2O4/c1-11(2)8-9-16(21)23-12(3)17(22)19-10-15(20)18-13-6-4-5-7-14(13)19/h4-7,11-12H,8-10H2,1-3H3,(H,18,20)/t12-/m1/s1. The summed E-state index contributed by atoms with van der Waals surface area (Å²) in [4.78, 5) is 37.4. The minimum absolute atomic E-state index is 0.0796. The Labute approximate surface area is 135 Å². The first-order valence-electron chi connectivity index (χ1n) is 7.78. The van der Waals surface area contributed by atoms with Gasteiger partial charge in [0.1, 0.15) is 6.54 Å². The Kier molecular flexibility index (Phi) is 5.36. The van der Waals surface area contributed by atoms with Crippen LogP contribution in [0.3, 0.4) is 0 Å². The maximum absolute atomic E-state index is 12.5. The van der Waals surface area contributed by atoms with Crippen LogP contribution >= 0.6 is 0 Å². The van der Waals surface area contributed by atoms with Crippen molar-refractivity contribution in [3.05, 3.63) is 24.3 Å². The van der Waals surface area contributed by atoms with Gasteiger partial charge in [0.15, 0.2) is 6.10 Å². The van der Waals surface area contributed by atoms with Gasteiger partial charge in [-0.3, -0.25) is 19.3 Å². The van der Waals surface area contributed by atoms with Crippen LogP contribution in [0.5, 0.6) is 0 Å². The largest absolute Gasteiger partial charge is 0.453 e. The number of nitrogens with one attached hydrogen (secondary N) is 1. The van der Waals surface area contributed by atoms with Crippen LogP contribution < -0.4 is 10.2 Å². The summed E-state index contributed by atoms with van der Waals surface area (Å²) >= 11 is 0. The summed E-state index contributed by atoms with van der Waals surface area (Å²) in [5.41, 5.74) is 1.19.